The molecule has 1 aromatic carbocycles. The number of para-hydroxylation sites is 1. The summed E-state index contributed by atoms with van der Waals surface area (Å²) < 4.78 is 39.2. The van der Waals surface area contributed by atoms with Crippen molar-refractivity contribution in [2.45, 2.75) is 64.8 Å². The number of alkyl halides is 1. The summed E-state index contributed by atoms with van der Waals surface area (Å²) in [5.74, 6) is -0.208. The Morgan fingerprint density at radius 2 is 1.97 bits per heavy atom. The molecule has 1 aromatic heterocycles. The zero-order valence-corrected chi connectivity index (χ0v) is 23.5. The summed E-state index contributed by atoms with van der Waals surface area (Å²) in [5.41, 5.74) is -4.23. The summed E-state index contributed by atoms with van der Waals surface area (Å²) in [5, 5.41) is 13.5. The Morgan fingerprint density at radius 3 is 2.58 bits per heavy atom. The molecule has 1 saturated heterocycles. The highest BCUT2D eigenvalue weighted by atomic mass is 32.5. The first-order chi connectivity index (χ1) is 17.6. The Balaban J connectivity index is 1.78. The van der Waals surface area contributed by atoms with Crippen LogP contribution in [0.4, 0.5) is 4.39 Å². The van der Waals surface area contributed by atoms with Gasteiger partial charge in [0.2, 0.25) is 0 Å². The average Bonchev–Trinajstić information content (AvgIpc) is 3.04. The van der Waals surface area contributed by atoms with Crippen molar-refractivity contribution in [3.8, 4) is 5.75 Å². The van der Waals surface area contributed by atoms with Crippen LogP contribution in [0.25, 0.3) is 0 Å². The van der Waals surface area contributed by atoms with Crippen LogP contribution in [-0.2, 0) is 30.6 Å². The van der Waals surface area contributed by atoms with Crippen molar-refractivity contribution in [2.24, 2.45) is 5.41 Å². The molecule has 6 atom stereocenters. The number of nitrogens with one attached hydrogen (secondary N) is 2. The molecule has 0 aliphatic carbocycles. The molecule has 0 spiro atoms. The number of hydrogen-bond donors (Lipinski definition) is 3. The zero-order chi connectivity index (χ0) is 28.3. The van der Waals surface area contributed by atoms with Crippen molar-refractivity contribution in [3.63, 3.8) is 0 Å². The Bertz CT molecular complexity index is 1280. The maximum atomic E-state index is 15.5. The number of esters is 1. The molecule has 2 aromatic rings. The molecule has 14 heteroatoms. The summed E-state index contributed by atoms with van der Waals surface area (Å²) in [7, 11) is 0. The number of benzene rings is 1. The second-order valence-electron chi connectivity index (χ2n) is 10.4. The normalized spacial score (nSPS) is 25.9. The standard InChI is InChI=1S/C24H33FN3O8PS/c1-15(20(31)33-14-23(2,3)4)27-37(38,36-16-9-7-6-8-10-16)34-13-17-19(30)24(5,25)21(35-17)28-12-11-18(29)26-22(28)32/h6-12,15,17,19,21,30H,13-14H2,1-5H3,(H,27,38)(H,26,29,32). The molecule has 3 N–H and O–H groups in total. The van der Waals surface area contributed by atoms with Gasteiger partial charge in [-0.15, -0.1) is 0 Å². The van der Waals surface area contributed by atoms with Crippen molar-refractivity contribution in [1.82, 2.24) is 14.6 Å². The van der Waals surface area contributed by atoms with Crippen LogP contribution in [0.1, 0.15) is 40.8 Å². The fraction of sp³-hybridized carbons (Fsp3) is 0.542. The topological polar surface area (TPSA) is 141 Å². The smallest absolute Gasteiger partial charge is 0.330 e. The number of hydrogen-bond acceptors (Lipinski definition) is 9. The molecule has 0 bridgehead atoms. The van der Waals surface area contributed by atoms with Crippen molar-refractivity contribution in [3.05, 3.63) is 63.4 Å². The van der Waals surface area contributed by atoms with E-state index in [4.69, 9.17) is 30.3 Å². The number of nitrogens with zero attached hydrogens (tertiary/aromatic N) is 1. The van der Waals surface area contributed by atoms with Crippen LogP contribution in [0, 0.1) is 5.41 Å². The highest BCUT2D eigenvalue weighted by molar-refractivity contribution is 8.09. The summed E-state index contributed by atoms with van der Waals surface area (Å²) >= 11 is 5.65. The molecule has 0 amide bonds. The molecular formula is C24H33FN3O8PS. The minimum atomic E-state index is -3.49. The number of carbonyl (C=O) groups excluding carboxylic acids is 1. The third-order valence-corrected chi connectivity index (χ3v) is 8.05. The van der Waals surface area contributed by atoms with E-state index < -0.39 is 60.6 Å². The lowest BCUT2D eigenvalue weighted by Crippen LogP contribution is -2.43. The fourth-order valence-electron chi connectivity index (χ4n) is 3.55. The van der Waals surface area contributed by atoms with Crippen LogP contribution in [0.2, 0.25) is 0 Å². The van der Waals surface area contributed by atoms with Crippen LogP contribution in [0.3, 0.4) is 0 Å². The van der Waals surface area contributed by atoms with Crippen LogP contribution < -0.4 is 20.9 Å². The van der Waals surface area contributed by atoms with E-state index in [2.05, 4.69) is 5.09 Å². The first-order valence-corrected chi connectivity index (χ1v) is 14.5. The van der Waals surface area contributed by atoms with Gasteiger partial charge >= 0.3 is 18.3 Å². The fourth-order valence-corrected chi connectivity index (χ4v) is 5.96. The van der Waals surface area contributed by atoms with Gasteiger partial charge in [-0.1, -0.05) is 39.0 Å². The van der Waals surface area contributed by atoms with Gasteiger partial charge in [-0.2, -0.15) is 0 Å². The van der Waals surface area contributed by atoms with E-state index in [1.54, 1.807) is 37.3 Å². The van der Waals surface area contributed by atoms with Gasteiger partial charge in [0.1, 0.15) is 24.0 Å². The number of aliphatic hydroxyl groups is 1. The number of H-pyrrole nitrogens is 1. The van der Waals surface area contributed by atoms with E-state index in [1.807, 2.05) is 25.8 Å². The van der Waals surface area contributed by atoms with Gasteiger partial charge in [-0.05, 0) is 43.2 Å². The van der Waals surface area contributed by atoms with Gasteiger partial charge in [0.25, 0.3) is 5.56 Å². The third kappa shape index (κ3) is 7.58. The molecule has 6 unspecified atom stereocenters. The quantitative estimate of drug-likeness (QED) is 0.287. The Morgan fingerprint density at radius 1 is 1.32 bits per heavy atom. The number of carbonyl (C=O) groups is 1. The van der Waals surface area contributed by atoms with Gasteiger partial charge in [-0.3, -0.25) is 19.1 Å². The number of aromatic amines is 1. The van der Waals surface area contributed by atoms with Crippen LogP contribution in [0.5, 0.6) is 5.75 Å². The Kier molecular flexibility index (Phi) is 9.33. The van der Waals surface area contributed by atoms with Crippen molar-refractivity contribution in [2.75, 3.05) is 13.2 Å². The molecule has 1 aliphatic rings. The predicted molar refractivity (Wildman–Crippen MR) is 141 cm³/mol. The number of halogens is 1. The van der Waals surface area contributed by atoms with E-state index in [0.29, 0.717) is 5.75 Å². The molecule has 1 aliphatic heterocycles. The van der Waals surface area contributed by atoms with E-state index in [0.717, 1.165) is 23.8 Å². The van der Waals surface area contributed by atoms with Gasteiger partial charge in [-0.25, -0.2) is 14.3 Å². The summed E-state index contributed by atoms with van der Waals surface area (Å²) in [6.07, 6.45) is -3.46. The third-order valence-electron chi connectivity index (χ3n) is 5.55. The first-order valence-electron chi connectivity index (χ1n) is 11.9. The first kappa shape index (κ1) is 30.1. The minimum absolute atomic E-state index is 0.184. The van der Waals surface area contributed by atoms with Gasteiger partial charge in [0.05, 0.1) is 13.2 Å². The van der Waals surface area contributed by atoms with Crippen LogP contribution >= 0.6 is 6.64 Å². The molecule has 3 rings (SSSR count). The number of aliphatic hydroxyl groups excluding tert-OH is 1. The number of rotatable bonds is 10. The molecule has 1 fully saturated rings. The highest BCUT2D eigenvalue weighted by Crippen LogP contribution is 2.47. The SMILES string of the molecule is CC(NP(=S)(OCC1OC(n2ccc(=O)[nH]c2=O)C(C)(F)C1O)Oc1ccccc1)C(=O)OCC(C)(C)C. The number of ether oxygens (including phenoxy) is 2. The Hall–Kier alpha value is -2.41. The molecule has 38 heavy (non-hydrogen) atoms. The van der Waals surface area contributed by atoms with E-state index in [1.165, 1.54) is 0 Å². The largest absolute Gasteiger partial charge is 0.464 e. The monoisotopic (exact) mass is 573 g/mol. The highest BCUT2D eigenvalue weighted by Gasteiger charge is 2.55. The molecule has 210 valence electrons. The van der Waals surface area contributed by atoms with Crippen LogP contribution in [0.15, 0.2) is 52.2 Å². The lowest BCUT2D eigenvalue weighted by Gasteiger charge is -2.28. The van der Waals surface area contributed by atoms with Crippen LogP contribution in [-0.4, -0.2) is 57.8 Å². The van der Waals surface area contributed by atoms with Crippen molar-refractivity contribution < 1.29 is 32.8 Å². The van der Waals surface area contributed by atoms with Crippen molar-refractivity contribution >= 4 is 24.4 Å². The maximum Gasteiger partial charge on any atom is 0.330 e. The van der Waals surface area contributed by atoms with E-state index in [9.17, 15) is 19.5 Å². The maximum absolute atomic E-state index is 15.5. The second-order valence-corrected chi connectivity index (χ2v) is 13.5. The van der Waals surface area contributed by atoms with E-state index in [-0.39, 0.29) is 12.0 Å². The molecular weight excluding hydrogens is 540 g/mol. The molecule has 2 heterocycles. The molecule has 0 radical (unpaired) electrons. The Labute approximate surface area is 224 Å². The lowest BCUT2D eigenvalue weighted by atomic mass is 9.98. The summed E-state index contributed by atoms with van der Waals surface area (Å²) in [6, 6.07) is 8.64. The molecule has 11 nitrogen and oxygen atoms in total. The van der Waals surface area contributed by atoms with E-state index >= 15 is 4.39 Å². The second kappa shape index (κ2) is 11.8. The van der Waals surface area contributed by atoms with Crippen molar-refractivity contribution in [1.29, 1.82) is 0 Å². The van der Waals surface area contributed by atoms with Gasteiger partial charge < -0.3 is 23.6 Å². The zero-order valence-electron chi connectivity index (χ0n) is 21.8. The average molecular weight is 574 g/mol. The number of aromatic nitrogens is 2. The van der Waals surface area contributed by atoms with Gasteiger partial charge in [0, 0.05) is 12.3 Å². The lowest BCUT2D eigenvalue weighted by molar-refractivity contribution is -0.148. The summed E-state index contributed by atoms with van der Waals surface area (Å²) in [4.78, 5) is 38.2. The predicted octanol–water partition coefficient (Wildman–Crippen LogP) is 2.41. The van der Waals surface area contributed by atoms with Gasteiger partial charge in [0.15, 0.2) is 11.9 Å². The summed E-state index contributed by atoms with van der Waals surface area (Å²) in [6.45, 7) is 4.64. The molecule has 0 saturated carbocycles. The minimum Gasteiger partial charge on any atom is -0.464 e.